The summed E-state index contributed by atoms with van der Waals surface area (Å²) in [7, 11) is 0. The van der Waals surface area contributed by atoms with Gasteiger partial charge < -0.3 is 12.6 Å². The van der Waals surface area contributed by atoms with Crippen LogP contribution in [0.25, 0.3) is 10.9 Å². The number of nitrogens with zero attached hydrogens (tertiary/aromatic N) is 1. The van der Waals surface area contributed by atoms with E-state index in [0.29, 0.717) is 10.3 Å². The van der Waals surface area contributed by atoms with Crippen LogP contribution in [0.5, 0.6) is 0 Å². The highest BCUT2D eigenvalue weighted by molar-refractivity contribution is 7.59. The number of rotatable bonds is 0. The number of fused-ring (bicyclic) bond motifs is 1. The lowest BCUT2D eigenvalue weighted by atomic mass is 10.1. The normalized spacial score (nSPS) is 11.9. The second-order valence-corrected chi connectivity index (χ2v) is 3.48. The molecule has 0 spiro atoms. The van der Waals surface area contributed by atoms with Crippen molar-refractivity contribution in [3.63, 3.8) is 0 Å². The summed E-state index contributed by atoms with van der Waals surface area (Å²) in [5.74, 6) is 0. The summed E-state index contributed by atoms with van der Waals surface area (Å²) in [6.45, 7) is 0. The van der Waals surface area contributed by atoms with Crippen LogP contribution in [0.2, 0.25) is 0 Å². The first kappa shape index (κ1) is 10.2. The van der Waals surface area contributed by atoms with Crippen molar-refractivity contribution in [2.75, 3.05) is 0 Å². The van der Waals surface area contributed by atoms with Crippen LogP contribution < -0.4 is 0 Å². The third-order valence-corrected chi connectivity index (χ3v) is 2.39. The predicted molar refractivity (Wildman–Crippen MR) is 52.4 cm³/mol. The van der Waals surface area contributed by atoms with Gasteiger partial charge in [0.1, 0.15) is 0 Å². The summed E-state index contributed by atoms with van der Waals surface area (Å²) in [5.41, 5.74) is -0.430. The number of hydrogen-bond donors (Lipinski definition) is 0. The van der Waals surface area contributed by atoms with Gasteiger partial charge in [0.25, 0.3) is 0 Å². The molecule has 78 valence electrons. The number of halogens is 3. The molecule has 0 saturated heterocycles. The van der Waals surface area contributed by atoms with Crippen molar-refractivity contribution < 1.29 is 13.2 Å². The Bertz CT molecular complexity index is 507. The fourth-order valence-electron chi connectivity index (χ4n) is 1.30. The second kappa shape index (κ2) is 3.34. The molecule has 5 heteroatoms. The molecule has 15 heavy (non-hydrogen) atoms. The van der Waals surface area contributed by atoms with Crippen molar-refractivity contribution in [1.29, 1.82) is 0 Å². The van der Waals surface area contributed by atoms with Gasteiger partial charge in [-0.1, -0.05) is 12.1 Å². The van der Waals surface area contributed by atoms with Crippen molar-refractivity contribution in [1.82, 2.24) is 4.98 Å². The average Bonchev–Trinajstić information content (AvgIpc) is 2.16. The maximum Gasteiger partial charge on any atom is 0.416 e. The Morgan fingerprint density at radius 3 is 2.53 bits per heavy atom. The minimum atomic E-state index is -4.34. The molecule has 0 amide bonds. The second-order valence-electron chi connectivity index (χ2n) is 3.04. The molecule has 0 radical (unpaired) electrons. The van der Waals surface area contributed by atoms with Gasteiger partial charge in [0, 0.05) is 6.20 Å². The first-order chi connectivity index (χ1) is 6.98. The van der Waals surface area contributed by atoms with Gasteiger partial charge in [-0.25, -0.2) is 0 Å². The van der Waals surface area contributed by atoms with Crippen LogP contribution in [0.15, 0.2) is 35.4 Å². The molecule has 0 aliphatic heterocycles. The number of hydrogen-bond acceptors (Lipinski definition) is 2. The summed E-state index contributed by atoms with van der Waals surface area (Å²) >= 11 is 4.97. The van der Waals surface area contributed by atoms with E-state index in [0.717, 1.165) is 12.1 Å². The standard InChI is InChI=1S/C10H6F3NS/c11-10(12,13)6-1-2-7-8(5-6)14-4-3-9(7)15/h1-5H,(H,14,15)/p-1. The van der Waals surface area contributed by atoms with E-state index in [1.165, 1.54) is 12.3 Å². The van der Waals surface area contributed by atoms with Gasteiger partial charge in [-0.3, -0.25) is 4.98 Å². The summed E-state index contributed by atoms with van der Waals surface area (Å²) in [6.07, 6.45) is -2.93. The Labute approximate surface area is 89.3 Å². The Kier molecular flexibility index (Phi) is 2.26. The van der Waals surface area contributed by atoms with Crippen LogP contribution in [0.3, 0.4) is 0 Å². The van der Waals surface area contributed by atoms with E-state index in [9.17, 15) is 13.2 Å². The van der Waals surface area contributed by atoms with Gasteiger partial charge in [-0.2, -0.15) is 18.1 Å². The number of benzene rings is 1. The van der Waals surface area contributed by atoms with Crippen LogP contribution in [0, 0.1) is 0 Å². The minimum absolute atomic E-state index is 0.275. The molecule has 1 aromatic carbocycles. The van der Waals surface area contributed by atoms with E-state index in [2.05, 4.69) is 4.98 Å². The third kappa shape index (κ3) is 1.87. The van der Waals surface area contributed by atoms with Crippen molar-refractivity contribution >= 4 is 23.5 Å². The lowest BCUT2D eigenvalue weighted by molar-refractivity contribution is -0.137. The molecular weight excluding hydrogens is 223 g/mol. The molecule has 0 N–H and O–H groups in total. The molecule has 0 atom stereocenters. The highest BCUT2D eigenvalue weighted by atomic mass is 32.1. The zero-order chi connectivity index (χ0) is 11.1. The summed E-state index contributed by atoms with van der Waals surface area (Å²) in [4.78, 5) is 4.36. The van der Waals surface area contributed by atoms with E-state index < -0.39 is 11.7 Å². The number of aromatic nitrogens is 1. The van der Waals surface area contributed by atoms with Crippen molar-refractivity contribution in [3.8, 4) is 0 Å². The highest BCUT2D eigenvalue weighted by Gasteiger charge is 2.30. The largest absolute Gasteiger partial charge is 0.779 e. The molecule has 0 bridgehead atoms. The molecular formula is C10H5F3NS-. The van der Waals surface area contributed by atoms with Gasteiger partial charge in [0.05, 0.1) is 11.1 Å². The zero-order valence-corrected chi connectivity index (χ0v) is 8.19. The van der Waals surface area contributed by atoms with Gasteiger partial charge in [-0.05, 0) is 17.5 Å². The van der Waals surface area contributed by atoms with Gasteiger partial charge in [-0.15, -0.1) is 0 Å². The Hall–Kier alpha value is -1.36. The lowest BCUT2D eigenvalue weighted by Crippen LogP contribution is -2.04. The molecule has 2 rings (SSSR count). The van der Waals surface area contributed by atoms with Gasteiger partial charge in [0.15, 0.2) is 0 Å². The van der Waals surface area contributed by atoms with E-state index in [1.807, 2.05) is 0 Å². The predicted octanol–water partition coefficient (Wildman–Crippen LogP) is 3.16. The third-order valence-electron chi connectivity index (χ3n) is 2.03. The van der Waals surface area contributed by atoms with Crippen LogP contribution in [-0.2, 0) is 18.8 Å². The molecule has 0 aliphatic rings. The fourth-order valence-corrected chi connectivity index (χ4v) is 1.53. The molecule has 2 aromatic rings. The monoisotopic (exact) mass is 228 g/mol. The maximum atomic E-state index is 12.4. The smallest absolute Gasteiger partial charge is 0.416 e. The van der Waals surface area contributed by atoms with E-state index >= 15 is 0 Å². The van der Waals surface area contributed by atoms with Crippen LogP contribution in [0.4, 0.5) is 13.2 Å². The lowest BCUT2D eigenvalue weighted by Gasteiger charge is -2.11. The van der Waals surface area contributed by atoms with Crippen LogP contribution >= 0.6 is 0 Å². The maximum absolute atomic E-state index is 12.4. The molecule has 0 unspecified atom stereocenters. The van der Waals surface area contributed by atoms with Crippen LogP contribution in [0.1, 0.15) is 5.56 Å². The first-order valence-electron chi connectivity index (χ1n) is 4.11. The molecule has 1 nitrogen and oxygen atoms in total. The molecule has 1 aromatic heterocycles. The Balaban J connectivity index is 2.68. The Morgan fingerprint density at radius 2 is 1.87 bits per heavy atom. The van der Waals surface area contributed by atoms with Gasteiger partial charge in [0.2, 0.25) is 0 Å². The van der Waals surface area contributed by atoms with E-state index in [-0.39, 0.29) is 5.52 Å². The molecule has 1 heterocycles. The zero-order valence-electron chi connectivity index (χ0n) is 7.38. The summed E-state index contributed by atoms with van der Waals surface area (Å²) in [5, 5.41) is 0.570. The Morgan fingerprint density at radius 1 is 1.13 bits per heavy atom. The van der Waals surface area contributed by atoms with Crippen molar-refractivity contribution in [3.05, 3.63) is 36.0 Å². The SMILES string of the molecule is FC(F)(F)c1ccc2c([S-])ccnc2c1. The van der Waals surface area contributed by atoms with E-state index in [4.69, 9.17) is 12.6 Å². The molecule has 0 fully saturated rings. The first-order valence-corrected chi connectivity index (χ1v) is 4.52. The number of alkyl halides is 3. The summed E-state index contributed by atoms with van der Waals surface area (Å²) in [6, 6.07) is 4.96. The van der Waals surface area contributed by atoms with E-state index in [1.54, 1.807) is 6.07 Å². The van der Waals surface area contributed by atoms with Crippen LogP contribution in [-0.4, -0.2) is 4.98 Å². The minimum Gasteiger partial charge on any atom is -0.779 e. The highest BCUT2D eigenvalue weighted by Crippen LogP contribution is 2.31. The molecule has 0 saturated carbocycles. The van der Waals surface area contributed by atoms with Crippen molar-refractivity contribution in [2.45, 2.75) is 11.1 Å². The van der Waals surface area contributed by atoms with Gasteiger partial charge >= 0.3 is 6.18 Å². The average molecular weight is 228 g/mol. The summed E-state index contributed by atoms with van der Waals surface area (Å²) < 4.78 is 37.1. The quantitative estimate of drug-likeness (QED) is 0.642. The fraction of sp³-hybridized carbons (Fsp3) is 0.100. The number of pyridine rings is 1. The molecule has 0 aliphatic carbocycles. The topological polar surface area (TPSA) is 12.9 Å². The van der Waals surface area contributed by atoms with Crippen molar-refractivity contribution in [2.24, 2.45) is 0 Å².